The molecule has 0 saturated carbocycles. The maximum atomic E-state index is 11.8. The number of nitrogens with one attached hydrogen (secondary N) is 2. The molecule has 2 aromatic rings. The largest absolute Gasteiger partial charge is 0.506 e. The SMILES string of the molecule is Cc1ncc(COP(=O)(O)O)c(CNC(C[C@H]2CNc3ncccc32)C(=O)O)c1O. The van der Waals surface area contributed by atoms with Crippen molar-refractivity contribution in [1.82, 2.24) is 15.3 Å². The van der Waals surface area contributed by atoms with Crippen LogP contribution in [0.4, 0.5) is 5.82 Å². The molecule has 3 rings (SSSR count). The number of hydrogen-bond acceptors (Lipinski definition) is 8. The first kappa shape index (κ1) is 22.1. The molecule has 0 aromatic carbocycles. The van der Waals surface area contributed by atoms with Crippen LogP contribution >= 0.6 is 7.82 Å². The molecule has 0 bridgehead atoms. The molecule has 0 amide bonds. The Morgan fingerprint density at radius 1 is 1.43 bits per heavy atom. The molecule has 0 saturated heterocycles. The van der Waals surface area contributed by atoms with E-state index in [4.69, 9.17) is 9.79 Å². The molecule has 30 heavy (non-hydrogen) atoms. The summed E-state index contributed by atoms with van der Waals surface area (Å²) in [7, 11) is -4.72. The van der Waals surface area contributed by atoms with E-state index in [-0.39, 0.29) is 29.3 Å². The van der Waals surface area contributed by atoms with E-state index in [1.807, 2.05) is 6.07 Å². The van der Waals surface area contributed by atoms with Crippen LogP contribution in [-0.2, 0) is 27.0 Å². The van der Waals surface area contributed by atoms with Crippen LogP contribution in [0.1, 0.15) is 34.7 Å². The van der Waals surface area contributed by atoms with Crippen LogP contribution < -0.4 is 10.6 Å². The Morgan fingerprint density at radius 2 is 2.20 bits per heavy atom. The summed E-state index contributed by atoms with van der Waals surface area (Å²) in [5, 5.41) is 26.1. The average Bonchev–Trinajstić information content (AvgIpc) is 3.09. The lowest BCUT2D eigenvalue weighted by Crippen LogP contribution is -2.38. The van der Waals surface area contributed by atoms with E-state index in [0.717, 1.165) is 11.4 Å². The molecule has 12 heteroatoms. The van der Waals surface area contributed by atoms with E-state index >= 15 is 0 Å². The highest BCUT2D eigenvalue weighted by Gasteiger charge is 2.29. The number of carbonyl (C=O) groups is 1. The van der Waals surface area contributed by atoms with Crippen LogP contribution in [0.2, 0.25) is 0 Å². The van der Waals surface area contributed by atoms with Crippen molar-refractivity contribution in [2.75, 3.05) is 11.9 Å². The predicted molar refractivity (Wildman–Crippen MR) is 106 cm³/mol. The first-order chi connectivity index (χ1) is 14.2. The number of rotatable bonds is 9. The normalized spacial score (nSPS) is 16.7. The van der Waals surface area contributed by atoms with Gasteiger partial charge in [0.25, 0.3) is 0 Å². The number of anilines is 1. The molecule has 11 nitrogen and oxygen atoms in total. The number of phosphoric acid groups is 1. The van der Waals surface area contributed by atoms with Gasteiger partial charge < -0.3 is 30.6 Å². The second-order valence-electron chi connectivity index (χ2n) is 6.99. The topological polar surface area (TPSA) is 174 Å². The number of pyridine rings is 2. The highest BCUT2D eigenvalue weighted by Crippen LogP contribution is 2.38. The third-order valence-electron chi connectivity index (χ3n) is 4.96. The molecule has 0 spiro atoms. The van der Waals surface area contributed by atoms with E-state index in [1.54, 1.807) is 19.2 Å². The van der Waals surface area contributed by atoms with Gasteiger partial charge in [-0.25, -0.2) is 9.55 Å². The number of carboxylic acids is 1. The Hall–Kier alpha value is -2.56. The molecule has 0 aliphatic carbocycles. The third-order valence-corrected chi connectivity index (χ3v) is 5.42. The molecule has 1 aliphatic heterocycles. The fourth-order valence-electron chi connectivity index (χ4n) is 3.38. The van der Waals surface area contributed by atoms with Crippen molar-refractivity contribution < 1.29 is 33.9 Å². The molecule has 2 aromatic heterocycles. The van der Waals surface area contributed by atoms with E-state index < -0.39 is 26.4 Å². The minimum absolute atomic E-state index is 0.0486. The first-order valence-corrected chi connectivity index (χ1v) is 10.7. The van der Waals surface area contributed by atoms with E-state index in [0.29, 0.717) is 18.7 Å². The molecular weight excluding hydrogens is 415 g/mol. The number of carboxylic acid groups (broad SMARTS) is 1. The van der Waals surface area contributed by atoms with Crippen molar-refractivity contribution in [1.29, 1.82) is 0 Å². The predicted octanol–water partition coefficient (Wildman–Crippen LogP) is 1.24. The van der Waals surface area contributed by atoms with E-state index in [1.165, 1.54) is 6.20 Å². The fourth-order valence-corrected chi connectivity index (χ4v) is 3.68. The van der Waals surface area contributed by atoms with Crippen molar-refractivity contribution in [3.8, 4) is 5.75 Å². The average molecular weight is 438 g/mol. The molecule has 6 N–H and O–H groups in total. The number of nitrogens with zero attached hydrogens (tertiary/aromatic N) is 2. The molecule has 2 atom stereocenters. The Kier molecular flexibility index (Phi) is 6.69. The summed E-state index contributed by atoms with van der Waals surface area (Å²) in [6.07, 6.45) is 3.29. The maximum absolute atomic E-state index is 11.8. The van der Waals surface area contributed by atoms with Gasteiger partial charge in [0, 0.05) is 42.5 Å². The number of aryl methyl sites for hydroxylation is 1. The Balaban J connectivity index is 1.74. The summed E-state index contributed by atoms with van der Waals surface area (Å²) >= 11 is 0. The molecular formula is C18H23N4O7P. The zero-order chi connectivity index (χ0) is 21.9. The molecule has 0 radical (unpaired) electrons. The van der Waals surface area contributed by atoms with Crippen molar-refractivity contribution in [2.45, 2.75) is 38.5 Å². The van der Waals surface area contributed by atoms with Crippen LogP contribution in [0.5, 0.6) is 5.75 Å². The molecule has 162 valence electrons. The highest BCUT2D eigenvalue weighted by atomic mass is 31.2. The second kappa shape index (κ2) is 9.07. The zero-order valence-electron chi connectivity index (χ0n) is 16.1. The smallest absolute Gasteiger partial charge is 0.469 e. The summed E-state index contributed by atoms with van der Waals surface area (Å²) in [5.41, 5.74) is 1.77. The molecule has 1 aliphatic rings. The van der Waals surface area contributed by atoms with Crippen LogP contribution in [-0.4, -0.2) is 48.5 Å². The standard InChI is InChI=1S/C18H23N4O7P/c1-10-16(23)14(12(7-20-10)9-29-30(26,27)28)8-21-15(18(24)25)5-11-6-22-17-13(11)3-2-4-19-17/h2-4,7,11,15,21,23H,5-6,8-9H2,1H3,(H,19,22)(H,24,25)(H2,26,27,28)/t11-,15?/m0/s1. The fraction of sp³-hybridized carbons (Fsp3) is 0.389. The lowest BCUT2D eigenvalue weighted by Gasteiger charge is -2.20. The summed E-state index contributed by atoms with van der Waals surface area (Å²) in [6.45, 7) is 1.60. The van der Waals surface area contributed by atoms with Gasteiger partial charge in [-0.3, -0.25) is 14.3 Å². The number of aromatic hydroxyl groups is 1. The van der Waals surface area contributed by atoms with Gasteiger partial charge in [0.15, 0.2) is 0 Å². The Labute approximate surface area is 172 Å². The molecule has 0 fully saturated rings. The molecule has 1 unspecified atom stereocenters. The third kappa shape index (κ3) is 5.32. The minimum atomic E-state index is -4.72. The maximum Gasteiger partial charge on any atom is 0.469 e. The van der Waals surface area contributed by atoms with Gasteiger partial charge in [0.05, 0.1) is 12.3 Å². The zero-order valence-corrected chi connectivity index (χ0v) is 17.0. The van der Waals surface area contributed by atoms with Crippen LogP contribution in [0, 0.1) is 6.92 Å². The summed E-state index contributed by atoms with van der Waals surface area (Å²) in [6, 6.07) is 2.78. The lowest BCUT2D eigenvalue weighted by atomic mass is 9.94. The van der Waals surface area contributed by atoms with Gasteiger partial charge in [-0.1, -0.05) is 6.07 Å². The summed E-state index contributed by atoms with van der Waals surface area (Å²) in [4.78, 5) is 37.9. The highest BCUT2D eigenvalue weighted by molar-refractivity contribution is 7.46. The number of fused-ring (bicyclic) bond motifs is 1. The van der Waals surface area contributed by atoms with E-state index in [9.17, 15) is 19.6 Å². The van der Waals surface area contributed by atoms with Gasteiger partial charge in [-0.15, -0.1) is 0 Å². The van der Waals surface area contributed by atoms with Crippen LogP contribution in [0.15, 0.2) is 24.5 Å². The van der Waals surface area contributed by atoms with Crippen molar-refractivity contribution in [2.24, 2.45) is 0 Å². The minimum Gasteiger partial charge on any atom is -0.506 e. The van der Waals surface area contributed by atoms with Crippen molar-refractivity contribution >= 4 is 19.6 Å². The Morgan fingerprint density at radius 3 is 2.90 bits per heavy atom. The summed E-state index contributed by atoms with van der Waals surface area (Å²) in [5.74, 6) is -0.542. The second-order valence-corrected chi connectivity index (χ2v) is 8.23. The Bertz CT molecular complexity index is 981. The first-order valence-electron chi connectivity index (χ1n) is 9.17. The van der Waals surface area contributed by atoms with Crippen LogP contribution in [0.3, 0.4) is 0 Å². The van der Waals surface area contributed by atoms with Gasteiger partial charge in [0.2, 0.25) is 0 Å². The lowest BCUT2D eigenvalue weighted by molar-refractivity contribution is -0.139. The van der Waals surface area contributed by atoms with Gasteiger partial charge in [-0.05, 0) is 25.0 Å². The number of aliphatic carboxylic acids is 1. The quantitative estimate of drug-likeness (QED) is 0.311. The number of phosphoric ester groups is 1. The van der Waals surface area contributed by atoms with Crippen molar-refractivity contribution in [3.05, 3.63) is 46.9 Å². The number of aromatic nitrogens is 2. The summed E-state index contributed by atoms with van der Waals surface area (Å²) < 4.78 is 15.5. The monoisotopic (exact) mass is 438 g/mol. The van der Waals surface area contributed by atoms with Crippen molar-refractivity contribution in [3.63, 3.8) is 0 Å². The number of hydrogen-bond donors (Lipinski definition) is 6. The van der Waals surface area contributed by atoms with Gasteiger partial charge >= 0.3 is 13.8 Å². The van der Waals surface area contributed by atoms with Gasteiger partial charge in [-0.2, -0.15) is 0 Å². The van der Waals surface area contributed by atoms with Crippen LogP contribution in [0.25, 0.3) is 0 Å². The van der Waals surface area contributed by atoms with E-state index in [2.05, 4.69) is 25.1 Å². The van der Waals surface area contributed by atoms with Gasteiger partial charge in [0.1, 0.15) is 17.6 Å². The molecule has 3 heterocycles.